The number of halogens is 1. The Morgan fingerprint density at radius 1 is 1.21 bits per heavy atom. The van der Waals surface area contributed by atoms with E-state index in [9.17, 15) is 17.6 Å². The van der Waals surface area contributed by atoms with E-state index in [1.165, 1.54) is 31.3 Å². The molecular weight excluding hydrogens is 395 g/mol. The summed E-state index contributed by atoms with van der Waals surface area (Å²) in [5.74, 6) is -0.983. The molecule has 0 aliphatic carbocycles. The standard InChI is InChI=1S/C20H21FN4O3S/c1-12(2)29(27,28)25-18-10-14(7-8-17(18)24-20(25)22)16(11-19(26)23-3)13-5-4-6-15(21)9-13/h4-12H,1-3H3,(H2,22,24)(H,23,26). The monoisotopic (exact) mass is 416 g/mol. The zero-order chi connectivity index (χ0) is 21.3. The number of amides is 1. The van der Waals surface area contributed by atoms with Crippen molar-refractivity contribution in [3.63, 3.8) is 0 Å². The topological polar surface area (TPSA) is 107 Å². The Morgan fingerprint density at radius 3 is 2.52 bits per heavy atom. The molecule has 0 atom stereocenters. The molecular formula is C20H21FN4O3S. The summed E-state index contributed by atoms with van der Waals surface area (Å²) in [6.45, 7) is 3.10. The maximum Gasteiger partial charge on any atom is 0.244 e. The van der Waals surface area contributed by atoms with Crippen molar-refractivity contribution < 1.29 is 17.6 Å². The zero-order valence-corrected chi connectivity index (χ0v) is 17.0. The van der Waals surface area contributed by atoms with Gasteiger partial charge in [-0.25, -0.2) is 21.8 Å². The van der Waals surface area contributed by atoms with E-state index in [1.807, 2.05) is 0 Å². The van der Waals surface area contributed by atoms with Crippen LogP contribution in [0, 0.1) is 5.82 Å². The molecule has 3 N–H and O–H groups in total. The van der Waals surface area contributed by atoms with Gasteiger partial charge >= 0.3 is 0 Å². The van der Waals surface area contributed by atoms with E-state index in [1.54, 1.807) is 38.1 Å². The van der Waals surface area contributed by atoms with Gasteiger partial charge in [-0.15, -0.1) is 0 Å². The van der Waals surface area contributed by atoms with Gasteiger partial charge in [0.25, 0.3) is 0 Å². The molecule has 3 rings (SSSR count). The van der Waals surface area contributed by atoms with Gasteiger partial charge in [0, 0.05) is 13.1 Å². The predicted octanol–water partition coefficient (Wildman–Crippen LogP) is 2.52. The molecule has 1 aromatic heterocycles. The highest BCUT2D eigenvalue weighted by atomic mass is 32.2. The summed E-state index contributed by atoms with van der Waals surface area (Å²) in [5, 5.41) is 1.79. The van der Waals surface area contributed by atoms with Gasteiger partial charge in [-0.3, -0.25) is 4.79 Å². The summed E-state index contributed by atoms with van der Waals surface area (Å²) in [6, 6.07) is 10.7. The van der Waals surface area contributed by atoms with Crippen LogP contribution in [0.4, 0.5) is 10.3 Å². The van der Waals surface area contributed by atoms with Crippen LogP contribution < -0.4 is 11.1 Å². The number of aromatic nitrogens is 2. The van der Waals surface area contributed by atoms with Gasteiger partial charge in [0.15, 0.2) is 0 Å². The molecule has 1 amide bonds. The Morgan fingerprint density at radius 2 is 1.90 bits per heavy atom. The summed E-state index contributed by atoms with van der Waals surface area (Å²) in [6.07, 6.45) is 1.33. The number of fused-ring (bicyclic) bond motifs is 1. The summed E-state index contributed by atoms with van der Waals surface area (Å²) >= 11 is 0. The number of nitrogens with one attached hydrogen (secondary N) is 1. The second-order valence-electron chi connectivity index (χ2n) is 6.71. The van der Waals surface area contributed by atoms with Crippen LogP contribution in [0.1, 0.15) is 25.0 Å². The first-order chi connectivity index (χ1) is 13.6. The maximum atomic E-state index is 13.8. The van der Waals surface area contributed by atoms with Crippen molar-refractivity contribution >= 4 is 38.5 Å². The number of carbonyl (C=O) groups excluding carboxylic acids is 1. The Kier molecular flexibility index (Phi) is 5.43. The van der Waals surface area contributed by atoms with Crippen molar-refractivity contribution in [2.45, 2.75) is 19.1 Å². The van der Waals surface area contributed by atoms with E-state index in [4.69, 9.17) is 5.73 Å². The van der Waals surface area contributed by atoms with Gasteiger partial charge in [-0.2, -0.15) is 0 Å². The molecule has 3 aromatic rings. The number of likely N-dealkylation sites (N-methyl/N-ethyl adjacent to an activating group) is 1. The predicted molar refractivity (Wildman–Crippen MR) is 111 cm³/mol. The smallest absolute Gasteiger partial charge is 0.244 e. The first-order valence-corrected chi connectivity index (χ1v) is 10.4. The third-order valence-corrected chi connectivity index (χ3v) is 6.54. The number of imidazole rings is 1. The molecule has 0 radical (unpaired) electrons. The highest BCUT2D eigenvalue weighted by Crippen LogP contribution is 2.29. The Labute approximate surface area is 168 Å². The van der Waals surface area contributed by atoms with Crippen LogP contribution >= 0.6 is 0 Å². The molecule has 29 heavy (non-hydrogen) atoms. The van der Waals surface area contributed by atoms with Gasteiger partial charge in [0.1, 0.15) is 5.82 Å². The largest absolute Gasteiger partial charge is 0.368 e. The fraction of sp³-hybridized carbons (Fsp3) is 0.200. The van der Waals surface area contributed by atoms with E-state index >= 15 is 0 Å². The molecule has 9 heteroatoms. The minimum atomic E-state index is -3.76. The lowest BCUT2D eigenvalue weighted by molar-refractivity contribution is -0.116. The van der Waals surface area contributed by atoms with E-state index in [2.05, 4.69) is 10.3 Å². The number of hydrogen-bond acceptors (Lipinski definition) is 5. The summed E-state index contributed by atoms with van der Waals surface area (Å²) in [7, 11) is -2.28. The van der Waals surface area contributed by atoms with Crippen molar-refractivity contribution in [1.82, 2.24) is 14.3 Å². The fourth-order valence-corrected chi connectivity index (χ4v) is 4.05. The molecule has 152 valence electrons. The summed E-state index contributed by atoms with van der Waals surface area (Å²) in [5.41, 5.74) is 7.98. The number of nitrogen functional groups attached to an aromatic ring is 1. The van der Waals surface area contributed by atoms with E-state index in [0.717, 1.165) is 3.97 Å². The van der Waals surface area contributed by atoms with E-state index in [0.29, 0.717) is 22.2 Å². The van der Waals surface area contributed by atoms with E-state index in [-0.39, 0.29) is 17.4 Å². The Hall–Kier alpha value is -3.20. The SMILES string of the molecule is CNC(=O)C=C(c1cccc(F)c1)c1ccc2nc(N)n(S(=O)(=O)C(C)C)c2c1. The number of hydrogen-bond donors (Lipinski definition) is 2. The van der Waals surface area contributed by atoms with Crippen LogP contribution in [0.15, 0.2) is 48.5 Å². The average molecular weight is 416 g/mol. The van der Waals surface area contributed by atoms with Gasteiger partial charge in [0.05, 0.1) is 16.3 Å². The maximum absolute atomic E-state index is 13.8. The van der Waals surface area contributed by atoms with Gasteiger partial charge in [-0.05, 0) is 54.8 Å². The highest BCUT2D eigenvalue weighted by Gasteiger charge is 2.25. The first-order valence-electron chi connectivity index (χ1n) is 8.87. The minimum Gasteiger partial charge on any atom is -0.368 e. The van der Waals surface area contributed by atoms with Crippen LogP contribution in [0.25, 0.3) is 16.6 Å². The van der Waals surface area contributed by atoms with Crippen LogP contribution in [0.2, 0.25) is 0 Å². The van der Waals surface area contributed by atoms with Crippen LogP contribution in [0.5, 0.6) is 0 Å². The Bertz CT molecular complexity index is 1230. The normalized spacial score (nSPS) is 12.5. The number of benzene rings is 2. The molecule has 0 aliphatic rings. The zero-order valence-electron chi connectivity index (χ0n) is 16.2. The minimum absolute atomic E-state index is 0.145. The van der Waals surface area contributed by atoms with E-state index < -0.39 is 21.1 Å². The van der Waals surface area contributed by atoms with Crippen LogP contribution in [-0.4, -0.2) is 35.6 Å². The molecule has 0 fully saturated rings. The lowest BCUT2D eigenvalue weighted by Gasteiger charge is -2.13. The third kappa shape index (κ3) is 3.86. The van der Waals surface area contributed by atoms with Crippen molar-refractivity contribution in [3.05, 3.63) is 65.5 Å². The molecule has 0 spiro atoms. The number of nitrogens with zero attached hydrogens (tertiary/aromatic N) is 2. The molecule has 0 unspecified atom stereocenters. The second-order valence-corrected chi connectivity index (χ2v) is 9.05. The van der Waals surface area contributed by atoms with Gasteiger partial charge in [0.2, 0.25) is 21.9 Å². The molecule has 7 nitrogen and oxygen atoms in total. The molecule has 0 aliphatic heterocycles. The third-order valence-electron chi connectivity index (χ3n) is 4.46. The molecule has 0 bridgehead atoms. The summed E-state index contributed by atoms with van der Waals surface area (Å²) in [4.78, 5) is 16.2. The van der Waals surface area contributed by atoms with Crippen molar-refractivity contribution in [1.29, 1.82) is 0 Å². The van der Waals surface area contributed by atoms with Crippen molar-refractivity contribution in [2.24, 2.45) is 0 Å². The first kappa shape index (κ1) is 20.5. The second kappa shape index (κ2) is 7.67. The van der Waals surface area contributed by atoms with Crippen LogP contribution in [-0.2, 0) is 14.8 Å². The molecule has 0 saturated carbocycles. The van der Waals surface area contributed by atoms with Crippen LogP contribution in [0.3, 0.4) is 0 Å². The number of anilines is 1. The number of carbonyl (C=O) groups is 1. The number of nitrogens with two attached hydrogens (primary N) is 1. The Balaban J connectivity index is 2.29. The molecule has 2 aromatic carbocycles. The van der Waals surface area contributed by atoms with Crippen molar-refractivity contribution in [3.8, 4) is 0 Å². The highest BCUT2D eigenvalue weighted by molar-refractivity contribution is 7.90. The van der Waals surface area contributed by atoms with Crippen molar-refractivity contribution in [2.75, 3.05) is 12.8 Å². The fourth-order valence-electron chi connectivity index (χ4n) is 2.91. The van der Waals surface area contributed by atoms with Gasteiger partial charge in [-0.1, -0.05) is 18.2 Å². The number of rotatable bonds is 5. The lowest BCUT2D eigenvalue weighted by Crippen LogP contribution is -2.23. The quantitative estimate of drug-likeness (QED) is 0.622. The lowest BCUT2D eigenvalue weighted by atomic mass is 9.97. The molecule has 0 saturated heterocycles. The summed E-state index contributed by atoms with van der Waals surface area (Å²) < 4.78 is 40.3. The average Bonchev–Trinajstić information content (AvgIpc) is 3.01. The molecule has 1 heterocycles. The van der Waals surface area contributed by atoms with Gasteiger partial charge < -0.3 is 11.1 Å².